The van der Waals surface area contributed by atoms with Crippen molar-refractivity contribution >= 4 is 15.8 Å². The van der Waals surface area contributed by atoms with Crippen molar-refractivity contribution in [2.75, 3.05) is 18.6 Å². The lowest BCUT2D eigenvalue weighted by molar-refractivity contribution is -0.144. The smallest absolute Gasteiger partial charge is 0.322 e. The predicted molar refractivity (Wildman–Crippen MR) is 48.9 cm³/mol. The van der Waals surface area contributed by atoms with Crippen LogP contribution in [0.25, 0.3) is 0 Å². The first-order valence-corrected chi connectivity index (χ1v) is 6.03. The molecule has 6 heteroatoms. The molecule has 5 nitrogen and oxygen atoms in total. The van der Waals surface area contributed by atoms with Crippen LogP contribution in [0.2, 0.25) is 0 Å². The van der Waals surface area contributed by atoms with Gasteiger partial charge in [-0.3, -0.25) is 4.79 Å². The van der Waals surface area contributed by atoms with Crippen LogP contribution in [0.3, 0.4) is 0 Å². The minimum absolute atomic E-state index is 0.0903. The molecular formula is C7H15NO4S. The van der Waals surface area contributed by atoms with Gasteiger partial charge in [0.05, 0.1) is 12.4 Å². The normalized spacial score (nSPS) is 13.8. The van der Waals surface area contributed by atoms with Crippen molar-refractivity contribution in [3.8, 4) is 0 Å². The van der Waals surface area contributed by atoms with E-state index < -0.39 is 21.8 Å². The number of hydrogen-bond donors (Lipinski definition) is 1. The summed E-state index contributed by atoms with van der Waals surface area (Å²) in [5.41, 5.74) is 5.37. The van der Waals surface area contributed by atoms with E-state index in [-0.39, 0.29) is 18.8 Å². The summed E-state index contributed by atoms with van der Waals surface area (Å²) in [4.78, 5) is 10.9. The SMILES string of the molecule is CCOC(=O)[C@H](N)CCS(C)(=O)=O. The molecular weight excluding hydrogens is 194 g/mol. The van der Waals surface area contributed by atoms with Crippen LogP contribution in [0.4, 0.5) is 0 Å². The number of rotatable bonds is 5. The number of hydrogen-bond acceptors (Lipinski definition) is 5. The van der Waals surface area contributed by atoms with Crippen molar-refractivity contribution in [1.82, 2.24) is 0 Å². The average Bonchev–Trinajstić information content (AvgIpc) is 1.99. The van der Waals surface area contributed by atoms with Crippen molar-refractivity contribution in [1.29, 1.82) is 0 Å². The molecule has 0 aromatic carbocycles. The molecule has 0 rings (SSSR count). The monoisotopic (exact) mass is 209 g/mol. The lowest BCUT2D eigenvalue weighted by Crippen LogP contribution is -2.34. The Morgan fingerprint density at radius 3 is 2.46 bits per heavy atom. The van der Waals surface area contributed by atoms with Crippen LogP contribution in [0.5, 0.6) is 0 Å². The quantitative estimate of drug-likeness (QED) is 0.606. The highest BCUT2D eigenvalue weighted by Gasteiger charge is 2.16. The molecule has 0 aliphatic rings. The van der Waals surface area contributed by atoms with E-state index in [2.05, 4.69) is 4.74 Å². The molecule has 0 saturated carbocycles. The predicted octanol–water partition coefficient (Wildman–Crippen LogP) is -0.688. The summed E-state index contributed by atoms with van der Waals surface area (Å²) in [6.07, 6.45) is 1.21. The number of carbonyl (C=O) groups excluding carboxylic acids is 1. The summed E-state index contributed by atoms with van der Waals surface area (Å²) < 4.78 is 26.0. The van der Waals surface area contributed by atoms with Crippen molar-refractivity contribution < 1.29 is 17.9 Å². The van der Waals surface area contributed by atoms with Gasteiger partial charge in [0.1, 0.15) is 15.9 Å². The van der Waals surface area contributed by atoms with Gasteiger partial charge in [0.15, 0.2) is 0 Å². The molecule has 13 heavy (non-hydrogen) atoms. The third-order valence-electron chi connectivity index (χ3n) is 1.39. The Labute approximate surface area is 78.2 Å². The molecule has 0 heterocycles. The third-order valence-corrected chi connectivity index (χ3v) is 2.37. The zero-order valence-electron chi connectivity index (χ0n) is 7.82. The van der Waals surface area contributed by atoms with E-state index in [9.17, 15) is 13.2 Å². The average molecular weight is 209 g/mol. The summed E-state index contributed by atoms with van der Waals surface area (Å²) in [6, 6.07) is -0.838. The molecule has 0 unspecified atom stereocenters. The van der Waals surface area contributed by atoms with Crippen LogP contribution >= 0.6 is 0 Å². The first kappa shape index (κ1) is 12.4. The van der Waals surface area contributed by atoms with E-state index in [0.717, 1.165) is 6.26 Å². The number of carbonyl (C=O) groups is 1. The summed E-state index contributed by atoms with van der Waals surface area (Å²) in [6.45, 7) is 1.92. The third kappa shape index (κ3) is 6.53. The van der Waals surface area contributed by atoms with Gasteiger partial charge in [-0.15, -0.1) is 0 Å². The summed E-state index contributed by atoms with van der Waals surface area (Å²) in [5, 5.41) is 0. The second kappa shape index (κ2) is 5.18. The molecule has 0 aromatic heterocycles. The van der Waals surface area contributed by atoms with Crippen molar-refractivity contribution in [3.63, 3.8) is 0 Å². The van der Waals surface area contributed by atoms with Gasteiger partial charge in [0.2, 0.25) is 0 Å². The molecule has 0 aromatic rings. The van der Waals surface area contributed by atoms with Crippen LogP contribution in [0.1, 0.15) is 13.3 Å². The standard InChI is InChI=1S/C7H15NO4S/c1-3-12-7(9)6(8)4-5-13(2,10)11/h6H,3-5,8H2,1-2H3/t6-/m1/s1. The van der Waals surface area contributed by atoms with Crippen LogP contribution in [-0.2, 0) is 19.4 Å². The second-order valence-electron chi connectivity index (χ2n) is 2.78. The minimum atomic E-state index is -3.06. The second-order valence-corrected chi connectivity index (χ2v) is 5.04. The van der Waals surface area contributed by atoms with Crippen LogP contribution in [0.15, 0.2) is 0 Å². The first-order valence-electron chi connectivity index (χ1n) is 3.96. The maximum absolute atomic E-state index is 10.9. The maximum atomic E-state index is 10.9. The Bertz CT molecular complexity index is 260. The molecule has 0 spiro atoms. The van der Waals surface area contributed by atoms with E-state index in [1.165, 1.54) is 0 Å². The molecule has 0 saturated heterocycles. The van der Waals surface area contributed by atoms with Crippen LogP contribution < -0.4 is 5.73 Å². The summed E-state index contributed by atoms with van der Waals surface area (Å²) in [5.74, 6) is -0.640. The van der Waals surface area contributed by atoms with E-state index >= 15 is 0 Å². The van der Waals surface area contributed by atoms with Crippen LogP contribution in [0, 0.1) is 0 Å². The Balaban J connectivity index is 3.88. The van der Waals surface area contributed by atoms with Gasteiger partial charge in [-0.1, -0.05) is 0 Å². The Morgan fingerprint density at radius 2 is 2.08 bits per heavy atom. The van der Waals surface area contributed by atoms with E-state index in [4.69, 9.17) is 5.73 Å². The Morgan fingerprint density at radius 1 is 1.54 bits per heavy atom. The fraction of sp³-hybridized carbons (Fsp3) is 0.857. The molecule has 1 atom stereocenters. The van der Waals surface area contributed by atoms with Crippen molar-refractivity contribution in [2.45, 2.75) is 19.4 Å². The molecule has 0 amide bonds. The van der Waals surface area contributed by atoms with Crippen molar-refractivity contribution in [3.05, 3.63) is 0 Å². The highest BCUT2D eigenvalue weighted by Crippen LogP contribution is 1.96. The van der Waals surface area contributed by atoms with Gasteiger partial charge in [-0.2, -0.15) is 0 Å². The van der Waals surface area contributed by atoms with Gasteiger partial charge in [0, 0.05) is 6.26 Å². The summed E-state index contributed by atoms with van der Waals surface area (Å²) in [7, 11) is -3.06. The van der Waals surface area contributed by atoms with Gasteiger partial charge >= 0.3 is 5.97 Å². The Kier molecular flexibility index (Phi) is 4.94. The highest BCUT2D eigenvalue weighted by molar-refractivity contribution is 7.90. The van der Waals surface area contributed by atoms with Crippen LogP contribution in [-0.4, -0.2) is 39.0 Å². The first-order chi connectivity index (χ1) is 5.87. The number of nitrogens with two attached hydrogens (primary N) is 1. The molecule has 0 fully saturated rings. The zero-order valence-corrected chi connectivity index (χ0v) is 8.63. The van der Waals surface area contributed by atoms with Gasteiger partial charge in [-0.25, -0.2) is 8.42 Å². The van der Waals surface area contributed by atoms with E-state index in [1.807, 2.05) is 0 Å². The minimum Gasteiger partial charge on any atom is -0.465 e. The molecule has 0 bridgehead atoms. The van der Waals surface area contributed by atoms with Crippen molar-refractivity contribution in [2.24, 2.45) is 5.73 Å². The van der Waals surface area contributed by atoms with E-state index in [1.54, 1.807) is 6.92 Å². The molecule has 78 valence electrons. The zero-order chi connectivity index (χ0) is 10.5. The fourth-order valence-corrected chi connectivity index (χ4v) is 1.39. The van der Waals surface area contributed by atoms with Gasteiger partial charge < -0.3 is 10.5 Å². The topological polar surface area (TPSA) is 86.5 Å². The molecule has 0 radical (unpaired) electrons. The van der Waals surface area contributed by atoms with Gasteiger partial charge in [0.25, 0.3) is 0 Å². The number of ether oxygens (including phenoxy) is 1. The highest BCUT2D eigenvalue weighted by atomic mass is 32.2. The molecule has 2 N–H and O–H groups in total. The molecule has 0 aliphatic carbocycles. The lowest BCUT2D eigenvalue weighted by atomic mass is 10.2. The fourth-order valence-electron chi connectivity index (χ4n) is 0.708. The lowest BCUT2D eigenvalue weighted by Gasteiger charge is -2.08. The van der Waals surface area contributed by atoms with E-state index in [0.29, 0.717) is 0 Å². The summed E-state index contributed by atoms with van der Waals surface area (Å²) >= 11 is 0. The Hall–Kier alpha value is -0.620. The van der Waals surface area contributed by atoms with Gasteiger partial charge in [-0.05, 0) is 13.3 Å². The maximum Gasteiger partial charge on any atom is 0.322 e. The number of esters is 1. The largest absolute Gasteiger partial charge is 0.465 e. The number of sulfone groups is 1. The molecule has 0 aliphatic heterocycles.